The van der Waals surface area contributed by atoms with Crippen LogP contribution in [-0.4, -0.2) is 43.0 Å². The molecule has 1 aromatic carbocycles. The van der Waals surface area contributed by atoms with Crippen LogP contribution in [0.2, 0.25) is 5.02 Å². The number of ether oxygens (including phenoxy) is 1. The van der Waals surface area contributed by atoms with Crippen molar-refractivity contribution >= 4 is 33.3 Å². The van der Waals surface area contributed by atoms with Crippen molar-refractivity contribution in [3.8, 4) is 5.75 Å². The first-order valence-electron chi connectivity index (χ1n) is 10.8. The fraction of sp³-hybridized carbons (Fsp3) is 0.455. The number of aromatic nitrogens is 1. The van der Waals surface area contributed by atoms with Crippen molar-refractivity contribution in [1.82, 2.24) is 10.3 Å². The van der Waals surface area contributed by atoms with Gasteiger partial charge in [-0.1, -0.05) is 11.6 Å². The standard InChI is InChI=1S/C22H25ClF2N4O4S/c1-22(2,33-19-10-18(25)17(24)9-16(19)23)21(30)28-12-7-13-3-4-14(8-12)29(13)20-6-5-15(11-27-20)34(26,31)32/h5-6,9-14H,3-4,7-8H2,1-2H3,(H,28,30)(H2,26,31,32)/t12-,13+,14-. The van der Waals surface area contributed by atoms with E-state index in [2.05, 4.69) is 15.2 Å². The van der Waals surface area contributed by atoms with Gasteiger partial charge in [0.05, 0.1) is 5.02 Å². The molecule has 2 aliphatic rings. The Bertz CT molecular complexity index is 1200. The predicted octanol–water partition coefficient (Wildman–Crippen LogP) is 3.13. The molecule has 1 amide bonds. The number of halogens is 3. The molecule has 2 saturated heterocycles. The second kappa shape index (κ2) is 8.94. The molecule has 3 atom stereocenters. The van der Waals surface area contributed by atoms with Gasteiger partial charge < -0.3 is 15.0 Å². The lowest BCUT2D eigenvalue weighted by atomic mass is 9.96. The molecule has 3 N–H and O–H groups in total. The van der Waals surface area contributed by atoms with Crippen LogP contribution in [0, 0.1) is 11.6 Å². The topological polar surface area (TPSA) is 115 Å². The van der Waals surface area contributed by atoms with Crippen LogP contribution in [0.1, 0.15) is 39.5 Å². The Morgan fingerprint density at radius 3 is 2.38 bits per heavy atom. The molecule has 184 valence electrons. The molecule has 4 rings (SSSR count). The van der Waals surface area contributed by atoms with Gasteiger partial charge >= 0.3 is 0 Å². The lowest BCUT2D eigenvalue weighted by Gasteiger charge is -2.40. The van der Waals surface area contributed by atoms with E-state index in [1.54, 1.807) is 6.07 Å². The van der Waals surface area contributed by atoms with Gasteiger partial charge in [0.25, 0.3) is 5.91 Å². The number of hydrogen-bond acceptors (Lipinski definition) is 6. The number of anilines is 1. The van der Waals surface area contributed by atoms with Crippen LogP contribution in [0.15, 0.2) is 35.4 Å². The summed E-state index contributed by atoms with van der Waals surface area (Å²) in [5.74, 6) is -2.08. The summed E-state index contributed by atoms with van der Waals surface area (Å²) in [4.78, 5) is 19.4. The van der Waals surface area contributed by atoms with Crippen LogP contribution < -0.4 is 20.1 Å². The zero-order chi connectivity index (χ0) is 24.8. The van der Waals surface area contributed by atoms with E-state index in [0.717, 1.165) is 25.0 Å². The summed E-state index contributed by atoms with van der Waals surface area (Å²) < 4.78 is 55.5. The van der Waals surface area contributed by atoms with Crippen LogP contribution in [0.4, 0.5) is 14.6 Å². The minimum absolute atomic E-state index is 0.0471. The highest BCUT2D eigenvalue weighted by atomic mass is 35.5. The number of sulfonamides is 1. The summed E-state index contributed by atoms with van der Waals surface area (Å²) in [5.41, 5.74) is -1.38. The average Bonchev–Trinajstić information content (AvgIpc) is 3.01. The van der Waals surface area contributed by atoms with Gasteiger partial charge in [-0.3, -0.25) is 4.79 Å². The lowest BCUT2D eigenvalue weighted by Crippen LogP contribution is -2.55. The van der Waals surface area contributed by atoms with Crippen LogP contribution in [0.5, 0.6) is 5.75 Å². The van der Waals surface area contributed by atoms with Crippen molar-refractivity contribution in [2.75, 3.05) is 4.90 Å². The van der Waals surface area contributed by atoms with E-state index in [4.69, 9.17) is 21.5 Å². The van der Waals surface area contributed by atoms with Gasteiger partial charge in [-0.25, -0.2) is 27.3 Å². The van der Waals surface area contributed by atoms with Crippen molar-refractivity contribution in [2.24, 2.45) is 5.14 Å². The Morgan fingerprint density at radius 1 is 1.21 bits per heavy atom. The third kappa shape index (κ3) is 4.96. The van der Waals surface area contributed by atoms with Gasteiger partial charge in [-0.15, -0.1) is 0 Å². The van der Waals surface area contributed by atoms with Crippen LogP contribution in [-0.2, 0) is 14.8 Å². The molecule has 34 heavy (non-hydrogen) atoms. The number of carbonyl (C=O) groups excluding carboxylic acids is 1. The predicted molar refractivity (Wildman–Crippen MR) is 122 cm³/mol. The first-order valence-corrected chi connectivity index (χ1v) is 12.7. The molecule has 2 fully saturated rings. The number of carbonyl (C=O) groups is 1. The molecule has 1 aromatic heterocycles. The van der Waals surface area contributed by atoms with Gasteiger partial charge in [0.15, 0.2) is 17.2 Å². The number of benzene rings is 1. The van der Waals surface area contributed by atoms with Crippen molar-refractivity contribution in [3.63, 3.8) is 0 Å². The van der Waals surface area contributed by atoms with Gasteiger partial charge in [0.1, 0.15) is 16.5 Å². The zero-order valence-corrected chi connectivity index (χ0v) is 20.2. The maximum Gasteiger partial charge on any atom is 0.263 e. The molecule has 0 spiro atoms. The Hall–Kier alpha value is -2.50. The van der Waals surface area contributed by atoms with Crippen molar-refractivity contribution in [2.45, 2.75) is 68.2 Å². The monoisotopic (exact) mass is 514 g/mol. The maximum atomic E-state index is 13.6. The van der Waals surface area contributed by atoms with E-state index in [0.29, 0.717) is 18.7 Å². The number of rotatable bonds is 6. The molecule has 0 aliphatic carbocycles. The number of nitrogens with one attached hydrogen (secondary N) is 1. The van der Waals surface area contributed by atoms with Gasteiger partial charge in [0, 0.05) is 30.4 Å². The number of nitrogens with zero attached hydrogens (tertiary/aromatic N) is 2. The van der Waals surface area contributed by atoms with Crippen molar-refractivity contribution in [3.05, 3.63) is 47.1 Å². The van der Waals surface area contributed by atoms with Gasteiger partial charge in [0.2, 0.25) is 10.0 Å². The number of nitrogens with two attached hydrogens (primary N) is 1. The maximum absolute atomic E-state index is 13.6. The molecule has 0 saturated carbocycles. The number of primary sulfonamides is 1. The van der Waals surface area contributed by atoms with Crippen LogP contribution in [0.25, 0.3) is 0 Å². The summed E-state index contributed by atoms with van der Waals surface area (Å²) in [6, 6.07) is 4.84. The highest BCUT2D eigenvalue weighted by Crippen LogP contribution is 2.39. The summed E-state index contributed by atoms with van der Waals surface area (Å²) >= 11 is 5.94. The Labute approximate surface area is 201 Å². The number of fused-ring (bicyclic) bond motifs is 2. The second-order valence-electron chi connectivity index (χ2n) is 9.14. The fourth-order valence-electron chi connectivity index (χ4n) is 4.63. The zero-order valence-electron chi connectivity index (χ0n) is 18.6. The molecule has 2 aromatic rings. The molecule has 2 bridgehead atoms. The minimum Gasteiger partial charge on any atom is -0.476 e. The third-order valence-electron chi connectivity index (χ3n) is 6.27. The van der Waals surface area contributed by atoms with Gasteiger partial charge in [-0.05, 0) is 57.7 Å². The second-order valence-corrected chi connectivity index (χ2v) is 11.1. The average molecular weight is 515 g/mol. The number of amides is 1. The molecule has 12 heteroatoms. The van der Waals surface area contributed by atoms with Crippen LogP contribution >= 0.6 is 11.6 Å². The number of piperidine rings is 1. The van der Waals surface area contributed by atoms with Crippen molar-refractivity contribution < 1.29 is 26.7 Å². The van der Waals surface area contributed by atoms with E-state index < -0.39 is 33.2 Å². The molecular formula is C22H25ClF2N4O4S. The Kier molecular flexibility index (Phi) is 6.47. The van der Waals surface area contributed by atoms with E-state index in [1.807, 2.05) is 0 Å². The number of pyridine rings is 1. The van der Waals surface area contributed by atoms with Gasteiger partial charge in [-0.2, -0.15) is 0 Å². The molecule has 0 radical (unpaired) electrons. The smallest absolute Gasteiger partial charge is 0.263 e. The number of hydrogen-bond donors (Lipinski definition) is 2. The van der Waals surface area contributed by atoms with Crippen molar-refractivity contribution in [1.29, 1.82) is 0 Å². The first-order chi connectivity index (χ1) is 15.8. The molecule has 8 nitrogen and oxygen atoms in total. The van der Waals surface area contributed by atoms with E-state index in [9.17, 15) is 22.0 Å². The summed E-state index contributed by atoms with van der Waals surface area (Å²) in [6.45, 7) is 3.06. The van der Waals surface area contributed by atoms with E-state index in [1.165, 1.54) is 26.1 Å². The fourth-order valence-corrected chi connectivity index (χ4v) is 5.27. The molecule has 2 aliphatic heterocycles. The van der Waals surface area contributed by atoms with Crippen LogP contribution in [0.3, 0.4) is 0 Å². The third-order valence-corrected chi connectivity index (χ3v) is 7.46. The van der Waals surface area contributed by atoms with E-state index >= 15 is 0 Å². The Balaban J connectivity index is 1.42. The minimum atomic E-state index is -3.82. The largest absolute Gasteiger partial charge is 0.476 e. The quantitative estimate of drug-likeness (QED) is 0.572. The normalized spacial score (nSPS) is 22.5. The lowest BCUT2D eigenvalue weighted by molar-refractivity contribution is -0.135. The highest BCUT2D eigenvalue weighted by Gasteiger charge is 2.43. The molecule has 3 heterocycles. The van der Waals surface area contributed by atoms with E-state index in [-0.39, 0.29) is 33.8 Å². The summed E-state index contributed by atoms with van der Waals surface area (Å²) in [7, 11) is -3.82. The highest BCUT2D eigenvalue weighted by molar-refractivity contribution is 7.89. The molecular weight excluding hydrogens is 490 g/mol. The molecule has 0 unspecified atom stereocenters. The summed E-state index contributed by atoms with van der Waals surface area (Å²) in [6.07, 6.45) is 4.42. The summed E-state index contributed by atoms with van der Waals surface area (Å²) in [5, 5.41) is 8.02. The SMILES string of the molecule is CC(C)(Oc1cc(F)c(F)cc1Cl)C(=O)N[C@H]1C[C@H]2CC[C@@H](C1)N2c1ccc(S(N)(=O)=O)cn1. The Morgan fingerprint density at radius 2 is 1.82 bits per heavy atom. The first kappa shape index (κ1) is 24.6.